The van der Waals surface area contributed by atoms with Gasteiger partial charge in [0.05, 0.1) is 12.2 Å². The lowest BCUT2D eigenvalue weighted by atomic mass is 9.77. The fourth-order valence-electron chi connectivity index (χ4n) is 5.44. The maximum Gasteiger partial charge on any atom is 0.0940 e. The number of nitrogens with zero attached hydrogens (tertiary/aromatic N) is 2. The molecule has 2 heterocycles. The molecule has 1 spiro atoms. The van der Waals surface area contributed by atoms with Gasteiger partial charge in [-0.1, -0.05) is 40.2 Å². The number of benzene rings is 2. The summed E-state index contributed by atoms with van der Waals surface area (Å²) in [5.41, 5.74) is 5.50. The molecule has 0 bridgehead atoms. The fraction of sp³-hybridized carbons (Fsp3) is 0.500. The van der Waals surface area contributed by atoms with E-state index in [1.54, 1.807) is 0 Å². The first-order valence-electron chi connectivity index (χ1n) is 10.6. The average molecular weight is 441 g/mol. The molecule has 4 heteroatoms. The predicted octanol–water partition coefficient (Wildman–Crippen LogP) is 5.25. The lowest BCUT2D eigenvalue weighted by Gasteiger charge is -2.45. The quantitative estimate of drug-likeness (QED) is 0.634. The first kappa shape index (κ1) is 18.7. The van der Waals surface area contributed by atoms with Crippen LogP contribution in [0.1, 0.15) is 42.4 Å². The van der Waals surface area contributed by atoms with E-state index in [4.69, 9.17) is 4.74 Å². The summed E-state index contributed by atoms with van der Waals surface area (Å²) in [7, 11) is 0. The lowest BCUT2D eigenvalue weighted by molar-refractivity contribution is -0.0777. The van der Waals surface area contributed by atoms with Gasteiger partial charge in [0.25, 0.3) is 0 Å². The third-order valence-electron chi connectivity index (χ3n) is 7.06. The Labute approximate surface area is 176 Å². The van der Waals surface area contributed by atoms with Crippen molar-refractivity contribution in [3.05, 3.63) is 63.6 Å². The van der Waals surface area contributed by atoms with Crippen LogP contribution in [-0.2, 0) is 16.9 Å². The van der Waals surface area contributed by atoms with Crippen LogP contribution in [0.2, 0.25) is 0 Å². The van der Waals surface area contributed by atoms with Crippen LogP contribution in [0.5, 0.6) is 0 Å². The Bertz CT molecular complexity index is 851. The van der Waals surface area contributed by atoms with E-state index in [1.165, 1.54) is 52.8 Å². The van der Waals surface area contributed by atoms with Crippen molar-refractivity contribution < 1.29 is 4.74 Å². The SMILES string of the molecule is Cc1cccc(N2CCN(C3CCC4(CC3)OCc3c(Br)cccc34)CC2)c1. The highest BCUT2D eigenvalue weighted by atomic mass is 79.9. The summed E-state index contributed by atoms with van der Waals surface area (Å²) in [6.45, 7) is 7.56. The molecule has 1 saturated carbocycles. The average Bonchev–Trinajstić information content (AvgIpc) is 3.08. The van der Waals surface area contributed by atoms with Gasteiger partial charge in [0.1, 0.15) is 0 Å². The number of fused-ring (bicyclic) bond motifs is 2. The van der Waals surface area contributed by atoms with Crippen LogP contribution < -0.4 is 4.90 Å². The standard InChI is InChI=1S/C24H29BrN2O/c1-18-4-2-5-20(16-18)27-14-12-26(13-15-27)19-8-10-24(11-9-19)22-6-3-7-23(25)21(22)17-28-24/h2-7,16,19H,8-15,17H2,1H3. The number of rotatable bonds is 2. The van der Waals surface area contributed by atoms with Crippen LogP contribution in [0.3, 0.4) is 0 Å². The van der Waals surface area contributed by atoms with Gasteiger partial charge in [-0.05, 0) is 67.5 Å². The second-order valence-corrected chi connectivity index (χ2v) is 9.50. The molecule has 1 aliphatic carbocycles. The zero-order valence-corrected chi connectivity index (χ0v) is 18.2. The number of ether oxygens (including phenoxy) is 1. The number of halogens is 1. The minimum Gasteiger partial charge on any atom is -0.369 e. The van der Waals surface area contributed by atoms with Gasteiger partial charge in [-0.3, -0.25) is 4.90 Å². The molecular formula is C24H29BrN2O. The molecule has 0 N–H and O–H groups in total. The van der Waals surface area contributed by atoms with E-state index in [9.17, 15) is 0 Å². The van der Waals surface area contributed by atoms with Crippen molar-refractivity contribution in [1.29, 1.82) is 0 Å². The van der Waals surface area contributed by atoms with Crippen molar-refractivity contribution in [2.24, 2.45) is 0 Å². The van der Waals surface area contributed by atoms with Crippen molar-refractivity contribution in [3.8, 4) is 0 Å². The van der Waals surface area contributed by atoms with E-state index in [0.717, 1.165) is 32.5 Å². The fourth-order valence-corrected chi connectivity index (χ4v) is 5.92. The highest BCUT2D eigenvalue weighted by Crippen LogP contribution is 2.49. The van der Waals surface area contributed by atoms with Crippen LogP contribution in [0, 0.1) is 6.92 Å². The van der Waals surface area contributed by atoms with E-state index in [0.29, 0.717) is 6.04 Å². The molecule has 2 aromatic carbocycles. The minimum absolute atomic E-state index is 0.0288. The largest absolute Gasteiger partial charge is 0.369 e. The lowest BCUT2D eigenvalue weighted by Crippen LogP contribution is -2.52. The third kappa shape index (κ3) is 3.30. The number of anilines is 1. The van der Waals surface area contributed by atoms with Gasteiger partial charge < -0.3 is 9.64 Å². The summed E-state index contributed by atoms with van der Waals surface area (Å²) in [4.78, 5) is 5.28. The summed E-state index contributed by atoms with van der Waals surface area (Å²) in [5, 5.41) is 0. The van der Waals surface area contributed by atoms with Crippen molar-refractivity contribution >= 4 is 21.6 Å². The van der Waals surface area contributed by atoms with E-state index >= 15 is 0 Å². The topological polar surface area (TPSA) is 15.7 Å². The van der Waals surface area contributed by atoms with Crippen molar-refractivity contribution in [3.63, 3.8) is 0 Å². The Morgan fingerprint density at radius 1 is 1.00 bits per heavy atom. The molecule has 28 heavy (non-hydrogen) atoms. The van der Waals surface area contributed by atoms with Gasteiger partial charge in [0.2, 0.25) is 0 Å². The molecule has 0 unspecified atom stereocenters. The molecule has 0 amide bonds. The van der Waals surface area contributed by atoms with Crippen LogP contribution in [0.25, 0.3) is 0 Å². The third-order valence-corrected chi connectivity index (χ3v) is 7.81. The molecule has 148 valence electrons. The Balaban J connectivity index is 1.21. The highest BCUT2D eigenvalue weighted by molar-refractivity contribution is 9.10. The summed E-state index contributed by atoms with van der Waals surface area (Å²) in [6, 6.07) is 16.2. The molecule has 2 fully saturated rings. The zero-order valence-electron chi connectivity index (χ0n) is 16.7. The van der Waals surface area contributed by atoms with E-state index in [1.807, 2.05) is 0 Å². The molecule has 0 atom stereocenters. The normalized spacial score (nSPS) is 27.9. The Morgan fingerprint density at radius 3 is 2.50 bits per heavy atom. The summed E-state index contributed by atoms with van der Waals surface area (Å²) in [6.07, 6.45) is 4.80. The maximum absolute atomic E-state index is 6.40. The van der Waals surface area contributed by atoms with Crippen molar-refractivity contribution in [2.45, 2.75) is 50.9 Å². The van der Waals surface area contributed by atoms with E-state index in [-0.39, 0.29) is 5.60 Å². The molecule has 0 aromatic heterocycles. The summed E-state index contributed by atoms with van der Waals surface area (Å²) < 4.78 is 7.60. The number of hydrogen-bond acceptors (Lipinski definition) is 3. The Morgan fingerprint density at radius 2 is 1.75 bits per heavy atom. The first-order valence-corrected chi connectivity index (χ1v) is 11.4. The van der Waals surface area contributed by atoms with Gasteiger partial charge in [-0.2, -0.15) is 0 Å². The van der Waals surface area contributed by atoms with Crippen LogP contribution in [0.15, 0.2) is 46.9 Å². The van der Waals surface area contributed by atoms with E-state index < -0.39 is 0 Å². The van der Waals surface area contributed by atoms with Crippen LogP contribution in [0.4, 0.5) is 5.69 Å². The molecule has 2 aromatic rings. The molecule has 2 aliphatic heterocycles. The molecule has 5 rings (SSSR count). The maximum atomic E-state index is 6.40. The second kappa shape index (κ2) is 7.47. The molecular weight excluding hydrogens is 412 g/mol. The minimum atomic E-state index is -0.0288. The van der Waals surface area contributed by atoms with E-state index in [2.05, 4.69) is 75.1 Å². The molecule has 3 aliphatic rings. The highest BCUT2D eigenvalue weighted by Gasteiger charge is 2.44. The molecule has 0 radical (unpaired) electrons. The van der Waals surface area contributed by atoms with Crippen LogP contribution >= 0.6 is 15.9 Å². The zero-order chi connectivity index (χ0) is 19.1. The van der Waals surface area contributed by atoms with Crippen molar-refractivity contribution in [1.82, 2.24) is 4.90 Å². The van der Waals surface area contributed by atoms with Gasteiger partial charge >= 0.3 is 0 Å². The monoisotopic (exact) mass is 440 g/mol. The van der Waals surface area contributed by atoms with Crippen LogP contribution in [-0.4, -0.2) is 37.1 Å². The number of hydrogen-bond donors (Lipinski definition) is 0. The van der Waals surface area contributed by atoms with Gasteiger partial charge in [-0.15, -0.1) is 0 Å². The first-order chi connectivity index (χ1) is 13.6. The summed E-state index contributed by atoms with van der Waals surface area (Å²) in [5.74, 6) is 0. The van der Waals surface area contributed by atoms with Gasteiger partial charge in [0.15, 0.2) is 0 Å². The Kier molecular flexibility index (Phi) is 4.98. The number of aryl methyl sites for hydroxylation is 1. The summed E-state index contributed by atoms with van der Waals surface area (Å²) >= 11 is 3.71. The smallest absolute Gasteiger partial charge is 0.0940 e. The molecule has 1 saturated heterocycles. The number of piperazine rings is 1. The Hall–Kier alpha value is -1.36. The predicted molar refractivity (Wildman–Crippen MR) is 118 cm³/mol. The molecule has 3 nitrogen and oxygen atoms in total. The second-order valence-electron chi connectivity index (χ2n) is 8.64. The van der Waals surface area contributed by atoms with Crippen molar-refractivity contribution in [2.75, 3.05) is 31.1 Å². The van der Waals surface area contributed by atoms with Gasteiger partial charge in [-0.25, -0.2) is 0 Å². The van der Waals surface area contributed by atoms with Gasteiger partial charge in [0, 0.05) is 42.4 Å².